The average molecular weight is 374 g/mol. The van der Waals surface area contributed by atoms with Crippen molar-refractivity contribution in [1.82, 2.24) is 9.55 Å². The highest BCUT2D eigenvalue weighted by molar-refractivity contribution is 8.00. The third-order valence-electron chi connectivity index (χ3n) is 3.79. The molecule has 0 aliphatic heterocycles. The summed E-state index contributed by atoms with van der Waals surface area (Å²) in [5.41, 5.74) is 0.697. The lowest BCUT2D eigenvalue weighted by atomic mass is 10.1. The number of carbonyl (C=O) groups is 1. The lowest BCUT2D eigenvalue weighted by Crippen LogP contribution is -2.16. The van der Waals surface area contributed by atoms with E-state index >= 15 is 0 Å². The van der Waals surface area contributed by atoms with Crippen molar-refractivity contribution in [2.24, 2.45) is 0 Å². The highest BCUT2D eigenvalue weighted by atomic mass is 32.2. The number of imidazole rings is 1. The topological polar surface area (TPSA) is 44.1 Å². The van der Waals surface area contributed by atoms with Crippen molar-refractivity contribution in [3.63, 3.8) is 0 Å². The fraction of sp³-hybridized carbons (Fsp3) is 0.158. The number of carbonyl (C=O) groups excluding carboxylic acids is 1. The van der Waals surface area contributed by atoms with Gasteiger partial charge in [-0.15, -0.1) is 0 Å². The molecule has 1 aromatic heterocycles. The number of aromatic nitrogens is 2. The average Bonchev–Trinajstić information content (AvgIpc) is 3.09. The van der Waals surface area contributed by atoms with Gasteiger partial charge in [0, 0.05) is 24.5 Å². The Balaban J connectivity index is 1.83. The molecule has 4 nitrogen and oxygen atoms in total. The summed E-state index contributed by atoms with van der Waals surface area (Å²) in [5.74, 6) is -1.30. The van der Waals surface area contributed by atoms with Crippen LogP contribution in [0.3, 0.4) is 0 Å². The smallest absolute Gasteiger partial charge is 0.178 e. The molecule has 0 radical (unpaired) electrons. The normalized spacial score (nSPS) is 12.0. The summed E-state index contributed by atoms with van der Waals surface area (Å²) in [4.78, 5) is 16.8. The van der Waals surface area contributed by atoms with E-state index < -0.39 is 22.7 Å². The minimum atomic E-state index is -0.862. The number of ether oxygens (including phenoxy) is 1. The van der Waals surface area contributed by atoms with Crippen LogP contribution in [0.2, 0.25) is 0 Å². The molecule has 1 heterocycles. The molecule has 0 bridgehead atoms. The predicted molar refractivity (Wildman–Crippen MR) is 96.1 cm³/mol. The molecule has 0 saturated heterocycles. The first-order valence-corrected chi connectivity index (χ1v) is 8.71. The van der Waals surface area contributed by atoms with E-state index in [1.165, 1.54) is 17.8 Å². The van der Waals surface area contributed by atoms with Gasteiger partial charge >= 0.3 is 0 Å². The molecule has 134 valence electrons. The summed E-state index contributed by atoms with van der Waals surface area (Å²) in [6.45, 7) is 1.67. The zero-order valence-corrected chi connectivity index (χ0v) is 15.0. The van der Waals surface area contributed by atoms with E-state index in [0.29, 0.717) is 17.0 Å². The van der Waals surface area contributed by atoms with E-state index in [0.717, 1.165) is 11.8 Å². The Labute approximate surface area is 153 Å². The summed E-state index contributed by atoms with van der Waals surface area (Å²) in [6, 6.07) is 10.4. The van der Waals surface area contributed by atoms with E-state index in [2.05, 4.69) is 4.98 Å². The Morgan fingerprint density at radius 2 is 2.04 bits per heavy atom. The Bertz CT molecular complexity index is 943. The molecule has 0 fully saturated rings. The number of hydrogen-bond donors (Lipinski definition) is 0. The van der Waals surface area contributed by atoms with Crippen molar-refractivity contribution in [2.45, 2.75) is 17.3 Å². The molecule has 1 atom stereocenters. The van der Waals surface area contributed by atoms with Crippen LogP contribution in [-0.2, 0) is 0 Å². The van der Waals surface area contributed by atoms with Crippen LogP contribution in [0.5, 0.6) is 5.75 Å². The van der Waals surface area contributed by atoms with Crippen LogP contribution >= 0.6 is 11.8 Å². The molecule has 0 aliphatic carbocycles. The van der Waals surface area contributed by atoms with Crippen molar-refractivity contribution in [2.75, 3.05) is 7.11 Å². The summed E-state index contributed by atoms with van der Waals surface area (Å²) in [5, 5.41) is -0.0108. The van der Waals surface area contributed by atoms with Crippen LogP contribution in [0.1, 0.15) is 17.3 Å². The van der Waals surface area contributed by atoms with Gasteiger partial charge in [0.15, 0.2) is 10.9 Å². The van der Waals surface area contributed by atoms with Gasteiger partial charge in [-0.1, -0.05) is 17.8 Å². The van der Waals surface area contributed by atoms with Crippen LogP contribution in [0.15, 0.2) is 60.0 Å². The number of methoxy groups -OCH3 is 1. The lowest BCUT2D eigenvalue weighted by Gasteiger charge is -2.13. The molecule has 0 N–H and O–H groups in total. The van der Waals surface area contributed by atoms with Gasteiger partial charge in [0.25, 0.3) is 0 Å². The predicted octanol–water partition coefficient (Wildman–Crippen LogP) is 4.52. The second kappa shape index (κ2) is 7.70. The number of Topliss-reactive ketones (excluding diaryl/α,β-unsaturated/α-hetero) is 1. The molecule has 0 spiro atoms. The van der Waals surface area contributed by atoms with Crippen molar-refractivity contribution >= 4 is 17.5 Å². The number of ketones is 1. The van der Waals surface area contributed by atoms with Crippen LogP contribution in [0.4, 0.5) is 8.78 Å². The SMILES string of the molecule is COc1cccc(-n2ccnc2SC(C)C(=O)c2ccc(F)cc2F)c1. The first-order chi connectivity index (χ1) is 12.5. The third-order valence-corrected chi connectivity index (χ3v) is 4.87. The van der Waals surface area contributed by atoms with Crippen LogP contribution in [-0.4, -0.2) is 27.7 Å². The molecule has 26 heavy (non-hydrogen) atoms. The lowest BCUT2D eigenvalue weighted by molar-refractivity contribution is 0.0990. The molecule has 3 aromatic rings. The fourth-order valence-corrected chi connectivity index (χ4v) is 3.41. The molecular formula is C19H16F2N2O2S. The number of nitrogens with zero attached hydrogens (tertiary/aromatic N) is 2. The Hall–Kier alpha value is -2.67. The van der Waals surface area contributed by atoms with Gasteiger partial charge in [0.2, 0.25) is 0 Å². The molecule has 3 rings (SSSR count). The van der Waals surface area contributed by atoms with Gasteiger partial charge in [-0.05, 0) is 31.2 Å². The maximum absolute atomic E-state index is 13.9. The van der Waals surface area contributed by atoms with E-state index in [1.54, 1.807) is 26.4 Å². The molecule has 1 unspecified atom stereocenters. The second-order valence-corrected chi connectivity index (χ2v) is 6.84. The molecule has 2 aromatic carbocycles. The van der Waals surface area contributed by atoms with Gasteiger partial charge in [0.1, 0.15) is 17.4 Å². The number of benzene rings is 2. The Morgan fingerprint density at radius 1 is 1.23 bits per heavy atom. The van der Waals surface area contributed by atoms with E-state index in [4.69, 9.17) is 4.74 Å². The fourth-order valence-electron chi connectivity index (χ4n) is 2.45. The van der Waals surface area contributed by atoms with Crippen molar-refractivity contribution in [3.8, 4) is 11.4 Å². The maximum atomic E-state index is 13.9. The van der Waals surface area contributed by atoms with Gasteiger partial charge in [-0.3, -0.25) is 9.36 Å². The zero-order valence-electron chi connectivity index (χ0n) is 14.1. The van der Waals surface area contributed by atoms with Crippen LogP contribution in [0, 0.1) is 11.6 Å². The largest absolute Gasteiger partial charge is 0.497 e. The molecule has 0 aliphatic rings. The van der Waals surface area contributed by atoms with Crippen molar-refractivity contribution < 1.29 is 18.3 Å². The number of thioether (sulfide) groups is 1. The molecule has 7 heteroatoms. The van der Waals surface area contributed by atoms with Crippen molar-refractivity contribution in [1.29, 1.82) is 0 Å². The first-order valence-electron chi connectivity index (χ1n) is 7.83. The van der Waals surface area contributed by atoms with E-state index in [9.17, 15) is 13.6 Å². The number of rotatable bonds is 6. The van der Waals surface area contributed by atoms with Gasteiger partial charge in [0.05, 0.1) is 23.6 Å². The standard InChI is InChI=1S/C19H16F2N2O2S/c1-12(18(24)16-7-6-13(20)10-17(16)21)26-19-22-8-9-23(19)14-4-3-5-15(11-14)25-2/h3-12H,1-2H3. The third kappa shape index (κ3) is 3.77. The quantitative estimate of drug-likeness (QED) is 0.470. The second-order valence-electron chi connectivity index (χ2n) is 5.53. The summed E-state index contributed by atoms with van der Waals surface area (Å²) >= 11 is 1.20. The highest BCUT2D eigenvalue weighted by Crippen LogP contribution is 2.28. The van der Waals surface area contributed by atoms with E-state index in [1.807, 2.05) is 28.8 Å². The minimum Gasteiger partial charge on any atom is -0.497 e. The Kier molecular flexibility index (Phi) is 5.37. The molecule has 0 amide bonds. The monoisotopic (exact) mass is 374 g/mol. The molecular weight excluding hydrogens is 358 g/mol. The summed E-state index contributed by atoms with van der Waals surface area (Å²) < 4.78 is 33.9. The number of halogens is 2. The zero-order chi connectivity index (χ0) is 18.7. The van der Waals surface area contributed by atoms with E-state index in [-0.39, 0.29) is 5.56 Å². The maximum Gasteiger partial charge on any atom is 0.178 e. The first kappa shape index (κ1) is 18.1. The Morgan fingerprint density at radius 3 is 2.77 bits per heavy atom. The van der Waals surface area contributed by atoms with Crippen LogP contribution in [0.25, 0.3) is 5.69 Å². The molecule has 0 saturated carbocycles. The van der Waals surface area contributed by atoms with Crippen LogP contribution < -0.4 is 4.74 Å². The van der Waals surface area contributed by atoms with Gasteiger partial charge < -0.3 is 4.74 Å². The van der Waals surface area contributed by atoms with Gasteiger partial charge in [-0.25, -0.2) is 13.8 Å². The summed E-state index contributed by atoms with van der Waals surface area (Å²) in [7, 11) is 1.58. The van der Waals surface area contributed by atoms with Crippen molar-refractivity contribution in [3.05, 3.63) is 72.1 Å². The minimum absolute atomic E-state index is 0.133. The van der Waals surface area contributed by atoms with Gasteiger partial charge in [-0.2, -0.15) is 0 Å². The number of hydrogen-bond acceptors (Lipinski definition) is 4. The highest BCUT2D eigenvalue weighted by Gasteiger charge is 2.22. The summed E-state index contributed by atoms with van der Waals surface area (Å²) in [6.07, 6.45) is 3.39.